The van der Waals surface area contributed by atoms with Crippen molar-refractivity contribution < 1.29 is 4.79 Å². The standard InChI is InChI=1S/C12H13O/c1-11(9-10-13)7-8-12-5-3-2-4-6-12/h2-8,11H,9H2,1H3/b8-7+. The highest BCUT2D eigenvalue weighted by atomic mass is 16.1. The first-order chi connectivity index (χ1) is 6.33. The van der Waals surface area contributed by atoms with Crippen molar-refractivity contribution >= 4 is 12.4 Å². The van der Waals surface area contributed by atoms with Crippen LogP contribution < -0.4 is 0 Å². The fourth-order valence-corrected chi connectivity index (χ4v) is 1.04. The van der Waals surface area contributed by atoms with E-state index in [-0.39, 0.29) is 5.92 Å². The smallest absolute Gasteiger partial charge is 0.198 e. The summed E-state index contributed by atoms with van der Waals surface area (Å²) in [6.45, 7) is 2.00. The molecule has 0 aliphatic carbocycles. The molecule has 0 aliphatic rings. The zero-order valence-corrected chi connectivity index (χ0v) is 7.73. The average molecular weight is 173 g/mol. The van der Waals surface area contributed by atoms with Crippen LogP contribution in [-0.2, 0) is 4.79 Å². The summed E-state index contributed by atoms with van der Waals surface area (Å²) in [6.07, 6.45) is 6.44. The molecule has 1 nitrogen and oxygen atoms in total. The molecule has 0 saturated heterocycles. The molecule has 1 aromatic rings. The Bertz CT molecular complexity index is 274. The van der Waals surface area contributed by atoms with Crippen LogP contribution in [0.15, 0.2) is 36.4 Å². The van der Waals surface area contributed by atoms with E-state index in [4.69, 9.17) is 0 Å². The summed E-state index contributed by atoms with van der Waals surface area (Å²) in [7, 11) is 0. The van der Waals surface area contributed by atoms with Crippen LogP contribution in [0.5, 0.6) is 0 Å². The molecular formula is C12H13O. The normalized spacial score (nSPS) is 13.0. The minimum Gasteiger partial charge on any atom is -0.291 e. The largest absolute Gasteiger partial charge is 0.291 e. The van der Waals surface area contributed by atoms with Crippen molar-refractivity contribution in [3.8, 4) is 0 Å². The predicted molar refractivity (Wildman–Crippen MR) is 55.0 cm³/mol. The van der Waals surface area contributed by atoms with E-state index in [1.54, 1.807) is 0 Å². The van der Waals surface area contributed by atoms with E-state index in [1.807, 2.05) is 55.7 Å². The van der Waals surface area contributed by atoms with Crippen molar-refractivity contribution in [2.45, 2.75) is 13.3 Å². The SMILES string of the molecule is CC(/C=C/c1ccccc1)C[C]=O. The molecule has 0 amide bonds. The van der Waals surface area contributed by atoms with E-state index >= 15 is 0 Å². The van der Waals surface area contributed by atoms with Crippen molar-refractivity contribution in [3.63, 3.8) is 0 Å². The van der Waals surface area contributed by atoms with Gasteiger partial charge in [0, 0.05) is 6.42 Å². The number of carbonyl (C=O) groups excluding carboxylic acids is 1. The Balaban J connectivity index is 2.53. The van der Waals surface area contributed by atoms with E-state index < -0.39 is 0 Å². The second kappa shape index (κ2) is 5.31. The Hall–Kier alpha value is -1.37. The van der Waals surface area contributed by atoms with Crippen molar-refractivity contribution in [1.82, 2.24) is 0 Å². The number of benzene rings is 1. The van der Waals surface area contributed by atoms with E-state index in [2.05, 4.69) is 0 Å². The Labute approximate surface area is 79.1 Å². The second-order valence-electron chi connectivity index (χ2n) is 3.10. The fourth-order valence-electron chi connectivity index (χ4n) is 1.04. The number of hydrogen-bond donors (Lipinski definition) is 0. The van der Waals surface area contributed by atoms with Crippen LogP contribution in [0.2, 0.25) is 0 Å². The summed E-state index contributed by atoms with van der Waals surface area (Å²) in [4.78, 5) is 10.1. The zero-order chi connectivity index (χ0) is 9.52. The molecule has 0 aliphatic heterocycles. The minimum absolute atomic E-state index is 0.276. The third-order valence-corrected chi connectivity index (χ3v) is 1.82. The van der Waals surface area contributed by atoms with Crippen LogP contribution in [0, 0.1) is 5.92 Å². The quantitative estimate of drug-likeness (QED) is 0.684. The van der Waals surface area contributed by atoms with Crippen LogP contribution in [0.1, 0.15) is 18.9 Å². The van der Waals surface area contributed by atoms with Crippen molar-refractivity contribution in [3.05, 3.63) is 42.0 Å². The van der Waals surface area contributed by atoms with Gasteiger partial charge in [0.15, 0.2) is 6.29 Å². The van der Waals surface area contributed by atoms with Crippen molar-refractivity contribution in [2.75, 3.05) is 0 Å². The van der Waals surface area contributed by atoms with Gasteiger partial charge in [0.05, 0.1) is 0 Å². The number of rotatable bonds is 4. The molecule has 0 heterocycles. The monoisotopic (exact) mass is 173 g/mol. The lowest BCUT2D eigenvalue weighted by Crippen LogP contribution is -1.88. The summed E-state index contributed by atoms with van der Waals surface area (Å²) >= 11 is 0. The zero-order valence-electron chi connectivity index (χ0n) is 7.73. The molecule has 0 bridgehead atoms. The average Bonchev–Trinajstić information content (AvgIpc) is 2.17. The molecule has 0 aromatic heterocycles. The lowest BCUT2D eigenvalue weighted by atomic mass is 10.1. The summed E-state index contributed by atoms with van der Waals surface area (Å²) in [5.74, 6) is 0.276. The highest BCUT2D eigenvalue weighted by Crippen LogP contribution is 2.06. The predicted octanol–water partition coefficient (Wildman–Crippen LogP) is 2.84. The lowest BCUT2D eigenvalue weighted by Gasteiger charge is -1.97. The molecule has 13 heavy (non-hydrogen) atoms. The van der Waals surface area contributed by atoms with Gasteiger partial charge in [0.1, 0.15) is 0 Å². The first-order valence-corrected chi connectivity index (χ1v) is 4.41. The van der Waals surface area contributed by atoms with E-state index in [9.17, 15) is 4.79 Å². The first-order valence-electron chi connectivity index (χ1n) is 4.41. The maximum absolute atomic E-state index is 10.1. The lowest BCUT2D eigenvalue weighted by molar-refractivity contribution is 0.542. The topological polar surface area (TPSA) is 17.1 Å². The summed E-state index contributed by atoms with van der Waals surface area (Å²) < 4.78 is 0. The Morgan fingerprint density at radius 2 is 2.08 bits per heavy atom. The van der Waals surface area contributed by atoms with Crippen molar-refractivity contribution in [2.24, 2.45) is 5.92 Å². The van der Waals surface area contributed by atoms with Gasteiger partial charge in [-0.1, -0.05) is 49.4 Å². The van der Waals surface area contributed by atoms with E-state index in [0.717, 1.165) is 0 Å². The molecule has 1 unspecified atom stereocenters. The molecular weight excluding hydrogens is 160 g/mol. The summed E-state index contributed by atoms with van der Waals surface area (Å²) in [5, 5.41) is 0. The van der Waals surface area contributed by atoms with Gasteiger partial charge in [-0.3, -0.25) is 4.79 Å². The summed E-state index contributed by atoms with van der Waals surface area (Å²) in [5.41, 5.74) is 1.17. The Morgan fingerprint density at radius 3 is 2.69 bits per heavy atom. The van der Waals surface area contributed by atoms with Crippen LogP contribution >= 0.6 is 0 Å². The van der Waals surface area contributed by atoms with Crippen LogP contribution in [0.3, 0.4) is 0 Å². The van der Waals surface area contributed by atoms with Crippen LogP contribution in [0.4, 0.5) is 0 Å². The van der Waals surface area contributed by atoms with E-state index in [0.29, 0.717) is 6.42 Å². The van der Waals surface area contributed by atoms with Gasteiger partial charge in [-0.05, 0) is 11.5 Å². The first kappa shape index (κ1) is 9.72. The van der Waals surface area contributed by atoms with Crippen LogP contribution in [-0.4, -0.2) is 6.29 Å². The maximum Gasteiger partial charge on any atom is 0.198 e. The molecule has 1 aromatic carbocycles. The third kappa shape index (κ3) is 3.70. The van der Waals surface area contributed by atoms with Gasteiger partial charge < -0.3 is 0 Å². The van der Waals surface area contributed by atoms with Crippen molar-refractivity contribution in [1.29, 1.82) is 0 Å². The molecule has 1 radical (unpaired) electrons. The number of hydrogen-bond acceptors (Lipinski definition) is 1. The van der Waals surface area contributed by atoms with Gasteiger partial charge in [0.25, 0.3) is 0 Å². The highest BCUT2D eigenvalue weighted by Gasteiger charge is 1.94. The van der Waals surface area contributed by atoms with Crippen LogP contribution in [0.25, 0.3) is 6.08 Å². The summed E-state index contributed by atoms with van der Waals surface area (Å²) in [6, 6.07) is 10.0. The molecule has 0 saturated carbocycles. The van der Waals surface area contributed by atoms with Gasteiger partial charge in [-0.25, -0.2) is 0 Å². The minimum atomic E-state index is 0.276. The molecule has 0 spiro atoms. The Kier molecular flexibility index (Phi) is 3.97. The molecule has 67 valence electrons. The van der Waals surface area contributed by atoms with Gasteiger partial charge in [-0.15, -0.1) is 0 Å². The molecule has 1 rings (SSSR count). The van der Waals surface area contributed by atoms with Gasteiger partial charge in [-0.2, -0.15) is 0 Å². The molecule has 0 N–H and O–H groups in total. The number of allylic oxidation sites excluding steroid dienone is 1. The second-order valence-corrected chi connectivity index (χ2v) is 3.10. The fraction of sp³-hybridized carbons (Fsp3) is 0.250. The highest BCUT2D eigenvalue weighted by molar-refractivity contribution is 5.53. The van der Waals surface area contributed by atoms with Gasteiger partial charge >= 0.3 is 0 Å². The third-order valence-electron chi connectivity index (χ3n) is 1.82. The maximum atomic E-state index is 10.1. The van der Waals surface area contributed by atoms with E-state index in [1.165, 1.54) is 5.56 Å². The molecule has 1 heteroatoms. The molecule has 0 fully saturated rings. The Morgan fingerprint density at radius 1 is 1.38 bits per heavy atom. The van der Waals surface area contributed by atoms with Gasteiger partial charge in [0.2, 0.25) is 0 Å². The molecule has 1 atom stereocenters.